The maximum atomic E-state index is 9.88. The fourth-order valence-corrected chi connectivity index (χ4v) is 4.67. The van der Waals surface area contributed by atoms with Gasteiger partial charge >= 0.3 is 0 Å². The fourth-order valence-electron chi connectivity index (χ4n) is 3.04. The van der Waals surface area contributed by atoms with E-state index in [0.717, 1.165) is 11.1 Å². The van der Waals surface area contributed by atoms with E-state index in [1.807, 2.05) is 13.8 Å². The summed E-state index contributed by atoms with van der Waals surface area (Å²) < 4.78 is 0. The number of rotatable bonds is 12. The lowest BCUT2D eigenvalue weighted by atomic mass is 10.1. The molecular formula is C21H37OS+. The first-order chi connectivity index (χ1) is 11.1. The summed E-state index contributed by atoms with van der Waals surface area (Å²) in [6, 6.07) is 4.34. The zero-order chi connectivity index (χ0) is 17.1. The van der Waals surface area contributed by atoms with Crippen molar-refractivity contribution in [3.05, 3.63) is 23.3 Å². The summed E-state index contributed by atoms with van der Waals surface area (Å²) in [5, 5.41) is 9.88. The number of benzene rings is 1. The number of unbranched alkanes of at least 4 members (excludes halogenated alkanes) is 9. The van der Waals surface area contributed by atoms with Crippen LogP contribution in [0.2, 0.25) is 0 Å². The minimum atomic E-state index is 0.314. The summed E-state index contributed by atoms with van der Waals surface area (Å²) in [5.41, 5.74) is 2.03. The molecule has 1 atom stereocenters. The van der Waals surface area contributed by atoms with Gasteiger partial charge in [0.05, 0.1) is 0 Å². The molecule has 0 radical (unpaired) electrons. The first-order valence-corrected chi connectivity index (χ1v) is 11.3. The topological polar surface area (TPSA) is 20.2 Å². The Morgan fingerprint density at radius 3 is 1.70 bits per heavy atom. The van der Waals surface area contributed by atoms with Gasteiger partial charge in [-0.1, -0.05) is 58.3 Å². The van der Waals surface area contributed by atoms with Crippen molar-refractivity contribution in [2.24, 2.45) is 0 Å². The number of aromatic hydroxyl groups is 1. The molecule has 0 amide bonds. The van der Waals surface area contributed by atoms with E-state index in [-0.39, 0.29) is 0 Å². The summed E-state index contributed by atoms with van der Waals surface area (Å²) in [6.07, 6.45) is 16.4. The van der Waals surface area contributed by atoms with E-state index in [1.54, 1.807) is 0 Å². The Morgan fingerprint density at radius 1 is 0.783 bits per heavy atom. The highest BCUT2D eigenvalue weighted by Gasteiger charge is 2.17. The van der Waals surface area contributed by atoms with Crippen LogP contribution in [-0.4, -0.2) is 17.1 Å². The van der Waals surface area contributed by atoms with Crippen molar-refractivity contribution in [1.82, 2.24) is 0 Å². The predicted octanol–water partition coefficient (Wildman–Crippen LogP) is 6.54. The van der Waals surface area contributed by atoms with Crippen molar-refractivity contribution in [3.8, 4) is 5.75 Å². The van der Waals surface area contributed by atoms with Gasteiger partial charge in [0, 0.05) is 10.9 Å². The molecule has 0 bridgehead atoms. The quantitative estimate of drug-likeness (QED) is 0.339. The van der Waals surface area contributed by atoms with Gasteiger partial charge in [-0.15, -0.1) is 0 Å². The van der Waals surface area contributed by atoms with Crippen LogP contribution in [0.4, 0.5) is 0 Å². The highest BCUT2D eigenvalue weighted by atomic mass is 32.2. The average molecular weight is 338 g/mol. The molecule has 132 valence electrons. The molecule has 1 aromatic rings. The molecule has 0 aliphatic rings. The summed E-state index contributed by atoms with van der Waals surface area (Å²) in [6.45, 7) is 6.29. The van der Waals surface area contributed by atoms with Crippen LogP contribution in [0.15, 0.2) is 17.0 Å². The second-order valence-electron chi connectivity index (χ2n) is 6.93. The number of phenolic OH excluding ortho intramolecular Hbond substituents is 1. The Labute approximate surface area is 147 Å². The Bertz CT molecular complexity index is 418. The highest BCUT2D eigenvalue weighted by molar-refractivity contribution is 7.96. The summed E-state index contributed by atoms with van der Waals surface area (Å²) in [5.74, 6) is 1.75. The Morgan fingerprint density at radius 2 is 1.22 bits per heavy atom. The molecule has 0 saturated carbocycles. The van der Waals surface area contributed by atoms with E-state index in [2.05, 4.69) is 25.3 Å². The molecule has 23 heavy (non-hydrogen) atoms. The molecule has 1 aromatic carbocycles. The van der Waals surface area contributed by atoms with Crippen LogP contribution in [0.3, 0.4) is 0 Å². The van der Waals surface area contributed by atoms with Crippen molar-refractivity contribution in [1.29, 1.82) is 0 Å². The lowest BCUT2D eigenvalue weighted by molar-refractivity contribution is 0.466. The predicted molar refractivity (Wildman–Crippen MR) is 106 cm³/mol. The second-order valence-corrected chi connectivity index (χ2v) is 9.08. The van der Waals surface area contributed by atoms with Crippen LogP contribution in [-0.2, 0) is 10.9 Å². The van der Waals surface area contributed by atoms with Crippen LogP contribution >= 0.6 is 0 Å². The minimum absolute atomic E-state index is 0.314. The first kappa shape index (κ1) is 20.4. The second kappa shape index (κ2) is 11.8. The van der Waals surface area contributed by atoms with Crippen LogP contribution in [0.1, 0.15) is 82.3 Å². The van der Waals surface area contributed by atoms with E-state index in [0.29, 0.717) is 16.6 Å². The van der Waals surface area contributed by atoms with Crippen molar-refractivity contribution in [2.75, 3.05) is 12.0 Å². The molecule has 1 rings (SSSR count). The number of phenols is 1. The maximum absolute atomic E-state index is 9.88. The molecule has 1 N–H and O–H groups in total. The number of hydrogen-bond donors (Lipinski definition) is 1. The Balaban J connectivity index is 2.12. The molecule has 0 aromatic heterocycles. The van der Waals surface area contributed by atoms with Crippen molar-refractivity contribution in [2.45, 2.75) is 89.9 Å². The SMILES string of the molecule is CCCCCCCCCCCC[S+](C)c1cc(C)c(O)c(C)c1. The summed E-state index contributed by atoms with van der Waals surface area (Å²) >= 11 is 0. The molecule has 1 nitrogen and oxygen atoms in total. The van der Waals surface area contributed by atoms with Gasteiger partial charge in [0.2, 0.25) is 0 Å². The van der Waals surface area contributed by atoms with Crippen LogP contribution < -0.4 is 0 Å². The lowest BCUT2D eigenvalue weighted by Crippen LogP contribution is -2.06. The molecular weight excluding hydrogens is 300 g/mol. The minimum Gasteiger partial charge on any atom is -0.507 e. The molecule has 0 aliphatic heterocycles. The van der Waals surface area contributed by atoms with E-state index in [1.165, 1.54) is 74.9 Å². The first-order valence-electron chi connectivity index (χ1n) is 9.49. The van der Waals surface area contributed by atoms with Gasteiger partial charge < -0.3 is 5.11 Å². The van der Waals surface area contributed by atoms with E-state index in [4.69, 9.17) is 0 Å². The van der Waals surface area contributed by atoms with Gasteiger partial charge in [0.15, 0.2) is 4.90 Å². The van der Waals surface area contributed by atoms with Crippen LogP contribution in [0.25, 0.3) is 0 Å². The van der Waals surface area contributed by atoms with Gasteiger partial charge in [-0.3, -0.25) is 0 Å². The normalized spacial score (nSPS) is 12.5. The smallest absolute Gasteiger partial charge is 0.155 e. The standard InChI is InChI=1S/C21H36OS/c1-5-6-7-8-9-10-11-12-13-14-15-23(4)20-16-18(2)21(22)19(3)17-20/h16-17H,5-15H2,1-4H3/p+1. The van der Waals surface area contributed by atoms with Gasteiger partial charge in [-0.05, 0) is 49.9 Å². The van der Waals surface area contributed by atoms with E-state index < -0.39 is 0 Å². The van der Waals surface area contributed by atoms with Crippen molar-refractivity contribution in [3.63, 3.8) is 0 Å². The van der Waals surface area contributed by atoms with Crippen LogP contribution in [0.5, 0.6) is 5.75 Å². The Hall–Kier alpha value is -0.630. The summed E-state index contributed by atoms with van der Waals surface area (Å²) in [7, 11) is 0.314. The fraction of sp³-hybridized carbons (Fsp3) is 0.714. The number of hydrogen-bond acceptors (Lipinski definition) is 1. The highest BCUT2D eigenvalue weighted by Crippen LogP contribution is 2.26. The molecule has 0 spiro atoms. The molecule has 1 unspecified atom stereocenters. The third-order valence-electron chi connectivity index (χ3n) is 4.67. The van der Waals surface area contributed by atoms with Crippen molar-refractivity contribution >= 4 is 10.9 Å². The third-order valence-corrected chi connectivity index (χ3v) is 6.61. The zero-order valence-electron chi connectivity index (χ0n) is 15.8. The van der Waals surface area contributed by atoms with Crippen molar-refractivity contribution < 1.29 is 5.11 Å². The molecule has 0 heterocycles. The Kier molecular flexibility index (Phi) is 10.5. The van der Waals surface area contributed by atoms with Crippen LogP contribution in [0, 0.1) is 13.8 Å². The maximum Gasteiger partial charge on any atom is 0.155 e. The molecule has 0 aliphatic carbocycles. The van der Waals surface area contributed by atoms with E-state index in [9.17, 15) is 5.11 Å². The monoisotopic (exact) mass is 337 g/mol. The van der Waals surface area contributed by atoms with Gasteiger partial charge in [-0.2, -0.15) is 0 Å². The molecule has 0 fully saturated rings. The third kappa shape index (κ3) is 8.15. The molecule has 2 heteroatoms. The van der Waals surface area contributed by atoms with Gasteiger partial charge in [-0.25, -0.2) is 0 Å². The average Bonchev–Trinajstić information content (AvgIpc) is 2.53. The van der Waals surface area contributed by atoms with E-state index >= 15 is 0 Å². The number of aryl methyl sites for hydroxylation is 2. The van der Waals surface area contributed by atoms with Gasteiger partial charge in [0.1, 0.15) is 17.8 Å². The molecule has 0 saturated heterocycles. The zero-order valence-corrected chi connectivity index (χ0v) is 16.6. The van der Waals surface area contributed by atoms with Gasteiger partial charge in [0.25, 0.3) is 0 Å². The summed E-state index contributed by atoms with van der Waals surface area (Å²) in [4.78, 5) is 1.41. The lowest BCUT2D eigenvalue weighted by Gasteiger charge is -2.08. The largest absolute Gasteiger partial charge is 0.507 e.